The lowest BCUT2D eigenvalue weighted by molar-refractivity contribution is 0.0170. The van der Waals surface area contributed by atoms with Gasteiger partial charge in [-0.2, -0.15) is 0 Å². The van der Waals surface area contributed by atoms with Gasteiger partial charge in [0.05, 0.1) is 0 Å². The number of likely N-dealkylation sites (tertiary alicyclic amines) is 1. The summed E-state index contributed by atoms with van der Waals surface area (Å²) in [6.07, 6.45) is 4.29. The average molecular weight is 310 g/mol. The summed E-state index contributed by atoms with van der Waals surface area (Å²) in [5, 5.41) is 0. The second kappa shape index (κ2) is 6.75. The zero-order valence-electron chi connectivity index (χ0n) is 14.3. The highest BCUT2D eigenvalue weighted by atomic mass is 16.6. The minimum Gasteiger partial charge on any atom is -0.444 e. The lowest BCUT2D eigenvalue weighted by Gasteiger charge is -2.33. The molecular formula is C16H30N4O2. The molecule has 6 nitrogen and oxygen atoms in total. The SMILES string of the molecule is CN(C(N)=NC[C@H]1CCCN(C(=O)OC(C)(C)C)C1)C1CC1. The number of rotatable bonds is 3. The summed E-state index contributed by atoms with van der Waals surface area (Å²) in [5.74, 6) is 0.990. The molecule has 1 saturated heterocycles. The predicted octanol–water partition coefficient (Wildman–Crippen LogP) is 2.04. The summed E-state index contributed by atoms with van der Waals surface area (Å²) in [6, 6.07) is 0.577. The lowest BCUT2D eigenvalue weighted by Crippen LogP contribution is -2.44. The Morgan fingerprint density at radius 3 is 2.64 bits per heavy atom. The second-order valence-corrected chi connectivity index (χ2v) is 7.48. The first-order valence-electron chi connectivity index (χ1n) is 8.27. The van der Waals surface area contributed by atoms with Crippen molar-refractivity contribution in [1.82, 2.24) is 9.80 Å². The molecule has 2 rings (SSSR count). The predicted molar refractivity (Wildman–Crippen MR) is 87.8 cm³/mol. The Bertz CT molecular complexity index is 426. The maximum Gasteiger partial charge on any atom is 0.410 e. The molecule has 0 aromatic rings. The van der Waals surface area contributed by atoms with Gasteiger partial charge in [-0.25, -0.2) is 4.79 Å². The first-order chi connectivity index (χ1) is 10.3. The van der Waals surface area contributed by atoms with Gasteiger partial charge in [0, 0.05) is 32.7 Å². The van der Waals surface area contributed by atoms with Crippen LogP contribution in [-0.2, 0) is 4.74 Å². The molecule has 0 aromatic heterocycles. The molecule has 0 spiro atoms. The molecule has 2 N–H and O–H groups in total. The number of amides is 1. The molecule has 1 amide bonds. The lowest BCUT2D eigenvalue weighted by atomic mass is 9.98. The van der Waals surface area contributed by atoms with Gasteiger partial charge in [0.1, 0.15) is 5.60 Å². The van der Waals surface area contributed by atoms with E-state index in [1.807, 2.05) is 27.8 Å². The van der Waals surface area contributed by atoms with Crippen molar-refractivity contribution in [3.8, 4) is 0 Å². The van der Waals surface area contributed by atoms with Crippen LogP contribution in [0.2, 0.25) is 0 Å². The van der Waals surface area contributed by atoms with Crippen LogP contribution in [0.1, 0.15) is 46.5 Å². The third-order valence-corrected chi connectivity index (χ3v) is 4.14. The Morgan fingerprint density at radius 2 is 2.05 bits per heavy atom. The van der Waals surface area contributed by atoms with Gasteiger partial charge >= 0.3 is 6.09 Å². The quantitative estimate of drug-likeness (QED) is 0.639. The number of hydrogen-bond acceptors (Lipinski definition) is 3. The number of hydrogen-bond donors (Lipinski definition) is 1. The maximum atomic E-state index is 12.1. The van der Waals surface area contributed by atoms with Gasteiger partial charge in [-0.15, -0.1) is 0 Å². The van der Waals surface area contributed by atoms with E-state index in [-0.39, 0.29) is 6.09 Å². The van der Waals surface area contributed by atoms with Crippen molar-refractivity contribution in [2.75, 3.05) is 26.7 Å². The summed E-state index contributed by atoms with van der Waals surface area (Å²) in [5.41, 5.74) is 5.58. The van der Waals surface area contributed by atoms with E-state index in [9.17, 15) is 4.79 Å². The van der Waals surface area contributed by atoms with Crippen LogP contribution in [0.25, 0.3) is 0 Å². The molecule has 22 heavy (non-hydrogen) atoms. The molecule has 126 valence electrons. The number of aliphatic imine (C=N–C) groups is 1. The number of nitrogens with two attached hydrogens (primary N) is 1. The van der Waals surface area contributed by atoms with Gasteiger partial charge in [-0.3, -0.25) is 4.99 Å². The standard InChI is InChI=1S/C16H30N4O2/c1-16(2,3)22-15(21)20-9-5-6-12(11-20)10-18-14(17)19(4)13-7-8-13/h12-13H,5-11H2,1-4H3,(H2,17,18)/t12-/m1/s1. The summed E-state index contributed by atoms with van der Waals surface area (Å²) in [6.45, 7) is 7.84. The van der Waals surface area contributed by atoms with Crippen molar-refractivity contribution >= 4 is 12.1 Å². The van der Waals surface area contributed by atoms with Crippen LogP contribution >= 0.6 is 0 Å². The molecular weight excluding hydrogens is 280 g/mol. The van der Waals surface area contributed by atoms with E-state index in [2.05, 4.69) is 9.89 Å². The third kappa shape index (κ3) is 5.07. The van der Waals surface area contributed by atoms with Crippen LogP contribution in [0, 0.1) is 5.92 Å². The highest BCUT2D eigenvalue weighted by Crippen LogP contribution is 2.25. The molecule has 2 aliphatic rings. The molecule has 1 atom stereocenters. The first kappa shape index (κ1) is 16.9. The van der Waals surface area contributed by atoms with Gasteiger partial charge in [-0.05, 0) is 52.4 Å². The van der Waals surface area contributed by atoms with E-state index < -0.39 is 5.60 Å². The van der Waals surface area contributed by atoms with Crippen molar-refractivity contribution in [3.05, 3.63) is 0 Å². The number of nitrogens with zero attached hydrogens (tertiary/aromatic N) is 3. The summed E-state index contributed by atoms with van der Waals surface area (Å²) in [7, 11) is 2.00. The van der Waals surface area contributed by atoms with Gasteiger partial charge in [0.2, 0.25) is 0 Å². The molecule has 6 heteroatoms. The Kier molecular flexibility index (Phi) is 5.19. The van der Waals surface area contributed by atoms with E-state index in [1.54, 1.807) is 4.90 Å². The van der Waals surface area contributed by atoms with Crippen molar-refractivity contribution < 1.29 is 9.53 Å². The topological polar surface area (TPSA) is 71.2 Å². The number of ether oxygens (including phenoxy) is 1. The Balaban J connectivity index is 1.82. The summed E-state index contributed by atoms with van der Waals surface area (Å²) in [4.78, 5) is 20.5. The van der Waals surface area contributed by atoms with E-state index >= 15 is 0 Å². The molecule has 0 unspecified atom stereocenters. The van der Waals surface area contributed by atoms with Crippen LogP contribution in [0.15, 0.2) is 4.99 Å². The van der Waals surface area contributed by atoms with Crippen molar-refractivity contribution in [1.29, 1.82) is 0 Å². The zero-order valence-corrected chi connectivity index (χ0v) is 14.3. The highest BCUT2D eigenvalue weighted by Gasteiger charge is 2.29. The normalized spacial score (nSPS) is 23.4. The fourth-order valence-electron chi connectivity index (χ4n) is 2.69. The maximum absolute atomic E-state index is 12.1. The number of piperidine rings is 1. The number of guanidine groups is 1. The highest BCUT2D eigenvalue weighted by molar-refractivity contribution is 5.78. The van der Waals surface area contributed by atoms with E-state index in [0.717, 1.165) is 19.4 Å². The molecule has 0 aromatic carbocycles. The summed E-state index contributed by atoms with van der Waals surface area (Å²) >= 11 is 0. The van der Waals surface area contributed by atoms with Crippen LogP contribution in [-0.4, -0.2) is 60.2 Å². The smallest absolute Gasteiger partial charge is 0.410 e. The Labute approximate surface area is 133 Å². The van der Waals surface area contributed by atoms with Crippen LogP contribution in [0.5, 0.6) is 0 Å². The molecule has 0 radical (unpaired) electrons. The summed E-state index contributed by atoms with van der Waals surface area (Å²) < 4.78 is 5.45. The van der Waals surface area contributed by atoms with Crippen molar-refractivity contribution in [2.45, 2.75) is 58.1 Å². The van der Waals surface area contributed by atoms with Crippen LogP contribution < -0.4 is 5.73 Å². The van der Waals surface area contributed by atoms with Crippen molar-refractivity contribution in [2.24, 2.45) is 16.6 Å². The first-order valence-corrected chi connectivity index (χ1v) is 8.27. The number of carbonyl (C=O) groups excluding carboxylic acids is 1. The van der Waals surface area contributed by atoms with Gasteiger partial charge in [0.15, 0.2) is 5.96 Å². The molecule has 2 fully saturated rings. The molecule has 0 bridgehead atoms. The second-order valence-electron chi connectivity index (χ2n) is 7.48. The van der Waals surface area contributed by atoms with Gasteiger partial charge in [0.25, 0.3) is 0 Å². The minimum atomic E-state index is -0.445. The third-order valence-electron chi connectivity index (χ3n) is 4.14. The van der Waals surface area contributed by atoms with Crippen LogP contribution in [0.4, 0.5) is 4.79 Å². The molecule has 1 aliphatic carbocycles. The van der Waals surface area contributed by atoms with Crippen molar-refractivity contribution in [3.63, 3.8) is 0 Å². The Hall–Kier alpha value is -1.46. The van der Waals surface area contributed by atoms with E-state index in [1.165, 1.54) is 12.8 Å². The molecule has 1 aliphatic heterocycles. The van der Waals surface area contributed by atoms with Gasteiger partial charge < -0.3 is 20.3 Å². The molecule has 1 saturated carbocycles. The fraction of sp³-hybridized carbons (Fsp3) is 0.875. The molecule has 1 heterocycles. The number of carbonyl (C=O) groups is 1. The van der Waals surface area contributed by atoms with E-state index in [0.29, 0.717) is 31.0 Å². The Morgan fingerprint density at radius 1 is 1.36 bits per heavy atom. The van der Waals surface area contributed by atoms with Gasteiger partial charge in [-0.1, -0.05) is 0 Å². The largest absolute Gasteiger partial charge is 0.444 e. The fourth-order valence-corrected chi connectivity index (χ4v) is 2.69. The van der Waals surface area contributed by atoms with E-state index in [4.69, 9.17) is 10.5 Å². The van der Waals surface area contributed by atoms with Crippen LogP contribution in [0.3, 0.4) is 0 Å². The zero-order chi connectivity index (χ0) is 16.3. The minimum absolute atomic E-state index is 0.218. The average Bonchev–Trinajstić information content (AvgIpc) is 3.27. The monoisotopic (exact) mass is 310 g/mol.